The van der Waals surface area contributed by atoms with Crippen molar-refractivity contribution in [3.63, 3.8) is 0 Å². The van der Waals surface area contributed by atoms with Gasteiger partial charge in [0.2, 0.25) is 0 Å². The van der Waals surface area contributed by atoms with Crippen molar-refractivity contribution in [1.29, 1.82) is 0 Å². The second kappa shape index (κ2) is 4.42. The standard InChI is InChI=1S/C18H12N2/c1-2-6-14-10-16-12-20-18-8-4-3-7-17(18)19-11-15(16)9-13(14)5-1/h1-12H/b15-11-,16-12-,19-11?,19-17?,20-12?,20-18?. The summed E-state index contributed by atoms with van der Waals surface area (Å²) in [6, 6.07) is 20.6. The van der Waals surface area contributed by atoms with E-state index < -0.39 is 0 Å². The molecule has 94 valence electrons. The van der Waals surface area contributed by atoms with Gasteiger partial charge in [-0.05, 0) is 35.0 Å². The van der Waals surface area contributed by atoms with Crippen molar-refractivity contribution in [2.24, 2.45) is 9.98 Å². The van der Waals surface area contributed by atoms with Crippen LogP contribution in [0.1, 0.15) is 0 Å². The highest BCUT2D eigenvalue weighted by molar-refractivity contribution is 5.82. The molecule has 3 aromatic carbocycles. The zero-order chi connectivity index (χ0) is 13.4. The van der Waals surface area contributed by atoms with Gasteiger partial charge in [-0.1, -0.05) is 36.4 Å². The monoisotopic (exact) mass is 256 g/mol. The number of nitrogens with zero attached hydrogens (tertiary/aromatic N) is 2. The summed E-state index contributed by atoms with van der Waals surface area (Å²) >= 11 is 0. The van der Waals surface area contributed by atoms with Crippen LogP contribution in [0.15, 0.2) is 70.6 Å². The lowest BCUT2D eigenvalue weighted by Crippen LogP contribution is -2.29. The van der Waals surface area contributed by atoms with Gasteiger partial charge in [-0.3, -0.25) is 9.98 Å². The molecule has 2 heteroatoms. The maximum atomic E-state index is 4.56. The molecule has 0 aromatic heterocycles. The lowest BCUT2D eigenvalue weighted by atomic mass is 10.1. The minimum absolute atomic E-state index is 0.905. The zero-order valence-corrected chi connectivity index (χ0v) is 10.8. The average Bonchev–Trinajstić information content (AvgIpc) is 2.49. The van der Waals surface area contributed by atoms with Crippen molar-refractivity contribution in [2.45, 2.75) is 0 Å². The molecule has 20 heavy (non-hydrogen) atoms. The van der Waals surface area contributed by atoms with Crippen LogP contribution in [0.4, 0.5) is 0 Å². The summed E-state index contributed by atoms with van der Waals surface area (Å²) in [7, 11) is 0. The Bertz CT molecular complexity index is 961. The van der Waals surface area contributed by atoms with Crippen LogP contribution in [0.3, 0.4) is 0 Å². The Kier molecular flexibility index (Phi) is 2.46. The van der Waals surface area contributed by atoms with Gasteiger partial charge in [0.25, 0.3) is 0 Å². The number of hydrogen-bond acceptors (Lipinski definition) is 2. The lowest BCUT2D eigenvalue weighted by Gasteiger charge is -1.99. The van der Waals surface area contributed by atoms with E-state index in [1.54, 1.807) is 0 Å². The second-order valence-electron chi connectivity index (χ2n) is 4.83. The highest BCUT2D eigenvalue weighted by Crippen LogP contribution is 2.08. The first kappa shape index (κ1) is 11.1. The molecule has 4 rings (SSSR count). The van der Waals surface area contributed by atoms with Crippen molar-refractivity contribution in [2.75, 3.05) is 0 Å². The van der Waals surface area contributed by atoms with Crippen molar-refractivity contribution >= 4 is 23.2 Å². The molecule has 1 heterocycles. The van der Waals surface area contributed by atoms with E-state index >= 15 is 0 Å². The molecule has 0 N–H and O–H groups in total. The van der Waals surface area contributed by atoms with Crippen molar-refractivity contribution in [3.05, 3.63) is 81.8 Å². The summed E-state index contributed by atoms with van der Waals surface area (Å²) in [5.41, 5.74) is 0. The van der Waals surface area contributed by atoms with E-state index in [1.165, 1.54) is 10.8 Å². The van der Waals surface area contributed by atoms with Crippen molar-refractivity contribution in [3.8, 4) is 0 Å². The predicted octanol–water partition coefficient (Wildman–Crippen LogP) is 1.27. The van der Waals surface area contributed by atoms with E-state index in [-0.39, 0.29) is 0 Å². The van der Waals surface area contributed by atoms with E-state index in [0.29, 0.717) is 0 Å². The van der Waals surface area contributed by atoms with E-state index in [9.17, 15) is 0 Å². The summed E-state index contributed by atoms with van der Waals surface area (Å²) in [6.07, 6.45) is 3.84. The molecule has 0 radical (unpaired) electrons. The highest BCUT2D eigenvalue weighted by atomic mass is 14.7. The van der Waals surface area contributed by atoms with Gasteiger partial charge in [-0.15, -0.1) is 0 Å². The Morgan fingerprint density at radius 2 is 1.00 bits per heavy atom. The molecular weight excluding hydrogens is 244 g/mol. The normalized spacial score (nSPS) is 16.0. The first-order valence-electron chi connectivity index (χ1n) is 6.60. The van der Waals surface area contributed by atoms with E-state index in [1.807, 2.05) is 36.7 Å². The maximum absolute atomic E-state index is 4.56. The second-order valence-corrected chi connectivity index (χ2v) is 4.83. The fourth-order valence-electron chi connectivity index (χ4n) is 2.46. The molecule has 0 unspecified atom stereocenters. The Balaban J connectivity index is 2.14. The minimum atomic E-state index is 0.905. The van der Waals surface area contributed by atoms with Crippen LogP contribution in [0, 0.1) is 0 Å². The number of para-hydroxylation sites is 2. The van der Waals surface area contributed by atoms with Gasteiger partial charge in [0, 0.05) is 22.8 Å². The fraction of sp³-hybridized carbons (Fsp3) is 0. The molecule has 3 aromatic rings. The topological polar surface area (TPSA) is 24.7 Å². The molecule has 0 amide bonds. The molecule has 0 aliphatic carbocycles. The van der Waals surface area contributed by atoms with Gasteiger partial charge in [0.05, 0.1) is 10.7 Å². The SMILES string of the molecule is C1=c2/cc3ccccc3c/c2=C/N=c2ccccc2=N/1. The highest BCUT2D eigenvalue weighted by Gasteiger charge is 1.95. The Morgan fingerprint density at radius 1 is 0.550 bits per heavy atom. The van der Waals surface area contributed by atoms with Crippen LogP contribution >= 0.6 is 0 Å². The summed E-state index contributed by atoms with van der Waals surface area (Å²) < 4.78 is 0. The molecule has 0 atom stereocenters. The maximum Gasteiger partial charge on any atom is 0.0886 e. The van der Waals surface area contributed by atoms with Gasteiger partial charge < -0.3 is 0 Å². The summed E-state index contributed by atoms with van der Waals surface area (Å²) in [5, 5.41) is 6.45. The molecule has 0 spiro atoms. The Morgan fingerprint density at radius 3 is 1.50 bits per heavy atom. The first-order chi connectivity index (χ1) is 9.90. The Labute approximate surface area is 115 Å². The summed E-state index contributed by atoms with van der Waals surface area (Å²) in [4.78, 5) is 9.11. The van der Waals surface area contributed by atoms with Gasteiger partial charge in [-0.2, -0.15) is 0 Å². The van der Waals surface area contributed by atoms with E-state index in [2.05, 4.69) is 46.4 Å². The van der Waals surface area contributed by atoms with Crippen molar-refractivity contribution < 1.29 is 0 Å². The summed E-state index contributed by atoms with van der Waals surface area (Å²) in [5.74, 6) is 0. The first-order valence-corrected chi connectivity index (χ1v) is 6.60. The third kappa shape index (κ3) is 1.82. The van der Waals surface area contributed by atoms with E-state index in [4.69, 9.17) is 0 Å². The smallest absolute Gasteiger partial charge is 0.0886 e. The zero-order valence-electron chi connectivity index (χ0n) is 10.8. The van der Waals surface area contributed by atoms with Crippen LogP contribution in [0.25, 0.3) is 23.2 Å². The Hall–Kier alpha value is -2.74. The minimum Gasteiger partial charge on any atom is -0.254 e. The third-order valence-corrected chi connectivity index (χ3v) is 3.52. The summed E-state index contributed by atoms with van der Waals surface area (Å²) in [6.45, 7) is 0. The van der Waals surface area contributed by atoms with Crippen LogP contribution in [0.5, 0.6) is 0 Å². The number of hydrogen-bond donors (Lipinski definition) is 0. The van der Waals surface area contributed by atoms with Crippen LogP contribution in [0.2, 0.25) is 0 Å². The van der Waals surface area contributed by atoms with Crippen LogP contribution < -0.4 is 21.2 Å². The fourth-order valence-corrected chi connectivity index (χ4v) is 2.46. The molecule has 2 nitrogen and oxygen atoms in total. The number of benzene rings is 3. The number of rotatable bonds is 0. The van der Waals surface area contributed by atoms with E-state index in [0.717, 1.165) is 21.2 Å². The molecule has 0 bridgehead atoms. The number of fused-ring (bicyclic) bond motifs is 3. The quantitative estimate of drug-likeness (QED) is 0.579. The predicted molar refractivity (Wildman–Crippen MR) is 80.9 cm³/mol. The average molecular weight is 256 g/mol. The third-order valence-electron chi connectivity index (χ3n) is 3.52. The lowest BCUT2D eigenvalue weighted by molar-refractivity contribution is 1.24. The molecule has 0 saturated heterocycles. The van der Waals surface area contributed by atoms with Gasteiger partial charge >= 0.3 is 0 Å². The molecule has 1 aliphatic rings. The largest absolute Gasteiger partial charge is 0.254 e. The van der Waals surface area contributed by atoms with Crippen LogP contribution in [-0.4, -0.2) is 0 Å². The molecular formula is C18H12N2. The van der Waals surface area contributed by atoms with Gasteiger partial charge in [0.1, 0.15) is 0 Å². The van der Waals surface area contributed by atoms with Gasteiger partial charge in [0.15, 0.2) is 0 Å². The van der Waals surface area contributed by atoms with Crippen molar-refractivity contribution in [1.82, 2.24) is 0 Å². The molecule has 0 saturated carbocycles. The van der Waals surface area contributed by atoms with Gasteiger partial charge in [-0.25, -0.2) is 0 Å². The molecule has 1 aliphatic heterocycles. The van der Waals surface area contributed by atoms with Crippen LogP contribution in [-0.2, 0) is 0 Å². The molecule has 0 fully saturated rings.